The van der Waals surface area contributed by atoms with Crippen molar-refractivity contribution in [2.45, 2.75) is 17.5 Å². The average Bonchev–Trinajstić information content (AvgIpc) is 1.59. The molecule has 0 aliphatic rings. The Morgan fingerprint density at radius 1 is 1.70 bits per heavy atom. The fraction of sp³-hybridized carbons (Fsp3) is 1.00. The van der Waals surface area contributed by atoms with Gasteiger partial charge in [-0.05, 0) is 0 Å². The molecule has 0 heterocycles. The summed E-state index contributed by atoms with van der Waals surface area (Å²) in [4.78, 5) is 17.2. The number of hydrogen-bond acceptors (Lipinski definition) is 3. The quantitative estimate of drug-likeness (QED) is 0.480. The summed E-state index contributed by atoms with van der Waals surface area (Å²) in [6.07, 6.45) is -0.425. The molecular weight excluding hydrogens is 340 g/mol. The normalized spacial score (nSPS) is 15.3. The van der Waals surface area contributed by atoms with Gasteiger partial charge in [-0.2, -0.15) is 0 Å². The van der Waals surface area contributed by atoms with E-state index in [9.17, 15) is 4.57 Å². The minimum atomic E-state index is -4.38. The van der Waals surface area contributed by atoms with Crippen molar-refractivity contribution in [1.82, 2.24) is 0 Å². The van der Waals surface area contributed by atoms with Crippen molar-refractivity contribution >= 4 is 7.82 Å². The molecule has 0 radical (unpaired) electrons. The van der Waals surface area contributed by atoms with Crippen LogP contribution in [0.4, 0.5) is 0 Å². The van der Waals surface area contributed by atoms with Crippen molar-refractivity contribution in [2.75, 3.05) is 0 Å². The Morgan fingerprint density at radius 2 is 2.20 bits per heavy atom. The van der Waals surface area contributed by atoms with Gasteiger partial charge in [0, 0.05) is 0 Å². The second kappa shape index (κ2) is 4.60. The third-order valence-electron chi connectivity index (χ3n) is 0.649. The summed E-state index contributed by atoms with van der Waals surface area (Å²) in [6.45, 7) is 0. The molecule has 0 aromatic carbocycles. The van der Waals surface area contributed by atoms with Crippen LogP contribution >= 0.6 is 7.82 Å². The molecule has 5 nitrogen and oxygen atoms in total. The molecule has 4 N–H and O–H groups in total. The van der Waals surface area contributed by atoms with E-state index in [-0.39, 0.29) is 0 Å². The maximum absolute atomic E-state index is 10.1. The second-order valence-corrected chi connectivity index (χ2v) is 3.91. The van der Waals surface area contributed by atoms with Gasteiger partial charge in [0.2, 0.25) is 0 Å². The van der Waals surface area contributed by atoms with E-state index in [4.69, 9.17) is 15.5 Å². The van der Waals surface area contributed by atoms with E-state index in [0.717, 1.165) is 0 Å². The van der Waals surface area contributed by atoms with E-state index >= 15 is 0 Å². The van der Waals surface area contributed by atoms with Gasteiger partial charge in [0.05, 0.1) is 0 Å². The fourth-order valence-corrected chi connectivity index (χ4v) is 1.42. The molecule has 0 bridgehead atoms. The molecule has 0 rings (SSSR count). The van der Waals surface area contributed by atoms with Gasteiger partial charge < -0.3 is 0 Å². The van der Waals surface area contributed by atoms with Gasteiger partial charge in [0.1, 0.15) is 0 Å². The number of nitrogens with two attached hydrogens (primary N) is 1. The summed E-state index contributed by atoms with van der Waals surface area (Å²) in [7, 11) is -4.38. The summed E-state index contributed by atoms with van der Waals surface area (Å²) in [5.74, 6) is 0. The van der Waals surface area contributed by atoms with E-state index < -0.39 is 14.1 Å². The molecule has 7 heteroatoms. The molecule has 1 atom stereocenters. The van der Waals surface area contributed by atoms with Crippen LogP contribution in [0.1, 0.15) is 6.42 Å². The van der Waals surface area contributed by atoms with Crippen molar-refractivity contribution in [1.29, 1.82) is 0 Å². The van der Waals surface area contributed by atoms with Gasteiger partial charge in [0.15, 0.2) is 0 Å². The molecule has 0 spiro atoms. The van der Waals surface area contributed by atoms with Gasteiger partial charge in [-0.15, -0.1) is 0 Å². The Morgan fingerprint density at radius 3 is 2.50 bits per heavy atom. The van der Waals surface area contributed by atoms with Crippen molar-refractivity contribution in [3.8, 4) is 0 Å². The zero-order valence-corrected chi connectivity index (χ0v) is 8.21. The summed E-state index contributed by atoms with van der Waals surface area (Å²) in [5.41, 5.74) is 5.15. The van der Waals surface area contributed by atoms with Gasteiger partial charge in [0.25, 0.3) is 0 Å². The van der Waals surface area contributed by atoms with E-state index in [2.05, 4.69) is 4.52 Å². The molecule has 0 saturated carbocycles. The second-order valence-electron chi connectivity index (χ2n) is 1.58. The molecule has 0 aliphatic carbocycles. The molecule has 0 aromatic rings. The first-order valence-electron chi connectivity index (χ1n) is 2.47. The third-order valence-corrected chi connectivity index (χ3v) is 1.85. The number of rotatable bonds is 4. The van der Waals surface area contributed by atoms with E-state index in [0.29, 0.717) is 11.2 Å². The van der Waals surface area contributed by atoms with Gasteiger partial charge in [-0.25, -0.2) is 0 Å². The Balaban J connectivity index is 3.58. The van der Waals surface area contributed by atoms with Crippen LogP contribution in [0.15, 0.2) is 0 Å². The van der Waals surface area contributed by atoms with Crippen LogP contribution in [0.5, 0.6) is 0 Å². The van der Waals surface area contributed by atoms with Crippen LogP contribution < -0.4 is 5.73 Å². The summed E-state index contributed by atoms with van der Waals surface area (Å²) in [6, 6.07) is 0. The van der Waals surface area contributed by atoms with E-state index in [1.54, 1.807) is 0 Å². The van der Waals surface area contributed by atoms with Crippen LogP contribution in [0.2, 0.25) is 4.81 Å². The summed E-state index contributed by atoms with van der Waals surface area (Å²) < 4.78 is 14.2. The predicted octanol–water partition coefficient (Wildman–Crippen LogP) is -0.264. The Hall–Kier alpha value is 0.758. The van der Waals surface area contributed by atoms with Crippen molar-refractivity contribution < 1.29 is 38.7 Å². The van der Waals surface area contributed by atoms with Gasteiger partial charge >= 0.3 is 69.7 Å². The summed E-state index contributed by atoms with van der Waals surface area (Å²) >= 11 is 2.03. The molecule has 10 heavy (non-hydrogen) atoms. The SMILES string of the molecule is NC(C[CH2][Pt])OP(=O)(O)O. The van der Waals surface area contributed by atoms with Crippen LogP contribution in [-0.2, 0) is 28.9 Å². The van der Waals surface area contributed by atoms with Gasteiger partial charge in [-0.1, -0.05) is 0 Å². The van der Waals surface area contributed by atoms with Crippen LogP contribution in [-0.4, -0.2) is 16.0 Å². The Labute approximate surface area is 70.1 Å². The molecule has 0 aromatic heterocycles. The monoisotopic (exact) mass is 349 g/mol. The van der Waals surface area contributed by atoms with E-state index in [1.807, 2.05) is 19.8 Å². The molecule has 0 amide bonds. The zero-order chi connectivity index (χ0) is 8.20. The Bertz CT molecular complexity index is 136. The standard InChI is InChI=1S/C3H9NO4P.Pt/c1-2-3(4)8-9(5,6)7;/h3H,1-2,4H2,(H2,5,6,7);. The number of phosphoric ester groups is 1. The summed E-state index contributed by atoms with van der Waals surface area (Å²) in [5, 5.41) is 0. The van der Waals surface area contributed by atoms with Crippen LogP contribution in [0.25, 0.3) is 0 Å². The van der Waals surface area contributed by atoms with Crippen molar-refractivity contribution in [2.24, 2.45) is 5.73 Å². The van der Waals surface area contributed by atoms with Crippen molar-refractivity contribution in [3.63, 3.8) is 0 Å². The topological polar surface area (TPSA) is 92.8 Å². The van der Waals surface area contributed by atoms with Crippen molar-refractivity contribution in [3.05, 3.63) is 0 Å². The van der Waals surface area contributed by atoms with Crippen LogP contribution in [0, 0.1) is 0 Å². The molecule has 0 fully saturated rings. The fourth-order valence-electron chi connectivity index (χ4n) is 0.319. The first-order chi connectivity index (χ1) is 4.45. The minimum absolute atomic E-state index is 0.437. The molecule has 0 aliphatic heterocycles. The van der Waals surface area contributed by atoms with Gasteiger partial charge in [-0.3, -0.25) is 0 Å². The first kappa shape index (κ1) is 10.8. The molecule has 1 unspecified atom stereocenters. The van der Waals surface area contributed by atoms with Crippen LogP contribution in [0.3, 0.4) is 0 Å². The zero-order valence-electron chi connectivity index (χ0n) is 5.04. The predicted molar refractivity (Wildman–Crippen MR) is 30.5 cm³/mol. The molecule has 0 saturated heterocycles. The maximum atomic E-state index is 10.1. The van der Waals surface area contributed by atoms with E-state index in [1.165, 1.54) is 0 Å². The number of hydrogen-bond donors (Lipinski definition) is 3. The molecule has 65 valence electrons. The average molecular weight is 349 g/mol. The number of phosphoric acid groups is 1. The Kier molecular flexibility index (Phi) is 4.95. The third kappa shape index (κ3) is 6.87. The molecular formula is C3H9NO4PPt. The first-order valence-corrected chi connectivity index (χ1v) is 5.60.